The number of thioether (sulfide) groups is 1. The fourth-order valence-electron chi connectivity index (χ4n) is 1.95. The van der Waals surface area contributed by atoms with Crippen LogP contribution in [0, 0.1) is 0 Å². The predicted molar refractivity (Wildman–Crippen MR) is 70.0 cm³/mol. The number of halogens is 1. The van der Waals surface area contributed by atoms with Crippen LogP contribution in [0.15, 0.2) is 16.6 Å². The first-order valence-corrected chi connectivity index (χ1v) is 7.19. The molecule has 2 heterocycles. The van der Waals surface area contributed by atoms with E-state index in [1.165, 1.54) is 0 Å². The summed E-state index contributed by atoms with van der Waals surface area (Å²) in [4.78, 5) is 10.9. The summed E-state index contributed by atoms with van der Waals surface area (Å²) in [6.07, 6.45) is 0. The summed E-state index contributed by atoms with van der Waals surface area (Å²) in [7, 11) is 0. The second-order valence-corrected chi connectivity index (χ2v) is 6.00. The fraction of sp³-hybridized carbons (Fsp3) is 0.364. The van der Waals surface area contributed by atoms with Gasteiger partial charge in [-0.15, -0.1) is 11.8 Å². The normalized spacial score (nSPS) is 25.4. The van der Waals surface area contributed by atoms with Crippen LogP contribution in [0.3, 0.4) is 0 Å². The molecule has 2 unspecified atom stereocenters. The zero-order valence-electron chi connectivity index (χ0n) is 9.18. The number of fused-ring (bicyclic) bond motifs is 1. The largest absolute Gasteiger partial charge is 0.480 e. The quantitative estimate of drug-likeness (QED) is 0.863. The predicted octanol–water partition coefficient (Wildman–Crippen LogP) is 1.97. The smallest absolute Gasteiger partial charge is 0.321 e. The van der Waals surface area contributed by atoms with Gasteiger partial charge in [0.05, 0.1) is 9.85 Å². The first-order valence-electron chi connectivity index (χ1n) is 5.34. The van der Waals surface area contributed by atoms with Crippen LogP contribution in [0.2, 0.25) is 0 Å². The lowest BCUT2D eigenvalue weighted by Crippen LogP contribution is -2.33. The number of hydrogen-bond acceptors (Lipinski definition) is 5. The Morgan fingerprint density at radius 2 is 2.33 bits per heavy atom. The summed E-state index contributed by atoms with van der Waals surface area (Å²) in [6.45, 7) is 0.223. The van der Waals surface area contributed by atoms with Gasteiger partial charge in [0.2, 0.25) is 6.79 Å². The summed E-state index contributed by atoms with van der Waals surface area (Å²) in [5.74, 6) is 1.15. The molecule has 1 saturated heterocycles. The van der Waals surface area contributed by atoms with E-state index in [1.54, 1.807) is 11.8 Å². The molecule has 2 N–H and O–H groups in total. The van der Waals surface area contributed by atoms with Crippen molar-refractivity contribution in [1.82, 2.24) is 5.32 Å². The van der Waals surface area contributed by atoms with Crippen LogP contribution in [0.25, 0.3) is 0 Å². The highest BCUT2D eigenvalue weighted by molar-refractivity contribution is 9.10. The molecule has 2 aliphatic heterocycles. The van der Waals surface area contributed by atoms with Crippen LogP contribution in [0.1, 0.15) is 10.9 Å². The fourth-order valence-corrected chi connectivity index (χ4v) is 3.73. The second-order valence-electron chi connectivity index (χ2n) is 4.01. The van der Waals surface area contributed by atoms with Crippen LogP contribution in [0.4, 0.5) is 0 Å². The third-order valence-electron chi connectivity index (χ3n) is 2.83. The molecule has 18 heavy (non-hydrogen) atoms. The Labute approximate surface area is 116 Å². The molecule has 0 bridgehead atoms. The van der Waals surface area contributed by atoms with E-state index in [4.69, 9.17) is 14.6 Å². The van der Waals surface area contributed by atoms with Crippen molar-refractivity contribution in [3.63, 3.8) is 0 Å². The Balaban J connectivity index is 1.86. The first-order chi connectivity index (χ1) is 8.65. The maximum absolute atomic E-state index is 10.9. The van der Waals surface area contributed by atoms with E-state index in [2.05, 4.69) is 21.2 Å². The van der Waals surface area contributed by atoms with Crippen molar-refractivity contribution in [3.05, 3.63) is 22.2 Å². The van der Waals surface area contributed by atoms with Crippen LogP contribution >= 0.6 is 27.7 Å². The molecular weight excluding hydrogens is 322 g/mol. The maximum atomic E-state index is 10.9. The highest BCUT2D eigenvalue weighted by Crippen LogP contribution is 2.43. The number of aliphatic carboxylic acids is 1. The van der Waals surface area contributed by atoms with Gasteiger partial charge in [-0.1, -0.05) is 0 Å². The highest BCUT2D eigenvalue weighted by Gasteiger charge is 2.31. The average molecular weight is 332 g/mol. The summed E-state index contributed by atoms with van der Waals surface area (Å²) in [5.41, 5.74) is 0.986. The first kappa shape index (κ1) is 12.1. The van der Waals surface area contributed by atoms with Crippen LogP contribution in [0.5, 0.6) is 11.5 Å². The number of benzene rings is 1. The van der Waals surface area contributed by atoms with Gasteiger partial charge in [0.1, 0.15) is 6.04 Å². The van der Waals surface area contributed by atoms with Crippen LogP contribution < -0.4 is 14.8 Å². The lowest BCUT2D eigenvalue weighted by Gasteiger charge is -2.12. The molecule has 5 nitrogen and oxygen atoms in total. The standard InChI is InChI=1S/C11H10BrNO4S/c12-6-1-5(2-8-9(6)17-4-16-8)10-13-7(3-18-10)11(14)15/h1-2,7,10,13H,3-4H2,(H,14,15). The van der Waals surface area contributed by atoms with Crippen molar-refractivity contribution in [2.45, 2.75) is 11.4 Å². The molecule has 3 rings (SSSR count). The van der Waals surface area contributed by atoms with E-state index >= 15 is 0 Å². The van der Waals surface area contributed by atoms with Crippen molar-refractivity contribution >= 4 is 33.7 Å². The Kier molecular flexibility index (Phi) is 3.13. The molecule has 0 saturated carbocycles. The molecule has 2 aliphatic rings. The van der Waals surface area contributed by atoms with Gasteiger partial charge in [0.15, 0.2) is 11.5 Å². The zero-order chi connectivity index (χ0) is 12.7. The molecule has 1 aromatic carbocycles. The molecule has 7 heteroatoms. The van der Waals surface area contributed by atoms with E-state index in [0.29, 0.717) is 17.3 Å². The molecule has 1 fully saturated rings. The molecule has 0 radical (unpaired) electrons. The number of hydrogen-bond donors (Lipinski definition) is 2. The number of carboxylic acids is 1. The van der Waals surface area contributed by atoms with Gasteiger partial charge in [-0.3, -0.25) is 10.1 Å². The molecule has 2 atom stereocenters. The minimum atomic E-state index is -0.815. The Bertz CT molecular complexity index is 510. The third-order valence-corrected chi connectivity index (χ3v) is 4.69. The van der Waals surface area contributed by atoms with E-state index < -0.39 is 12.0 Å². The van der Waals surface area contributed by atoms with E-state index in [1.807, 2.05) is 12.1 Å². The Morgan fingerprint density at radius 1 is 1.50 bits per heavy atom. The van der Waals surface area contributed by atoms with Crippen LogP contribution in [-0.2, 0) is 4.79 Å². The summed E-state index contributed by atoms with van der Waals surface area (Å²) < 4.78 is 11.5. The zero-order valence-corrected chi connectivity index (χ0v) is 11.6. The molecule has 1 aromatic rings. The second kappa shape index (κ2) is 4.64. The van der Waals surface area contributed by atoms with Crippen molar-refractivity contribution in [2.75, 3.05) is 12.5 Å². The molecule has 0 amide bonds. The number of carboxylic acid groups (broad SMARTS) is 1. The van der Waals surface area contributed by atoms with Gasteiger partial charge >= 0.3 is 5.97 Å². The minimum absolute atomic E-state index is 0.0306. The summed E-state index contributed by atoms with van der Waals surface area (Å²) >= 11 is 5.01. The van der Waals surface area contributed by atoms with Gasteiger partial charge in [-0.25, -0.2) is 0 Å². The molecule has 96 valence electrons. The molecule has 0 aromatic heterocycles. The van der Waals surface area contributed by atoms with Crippen molar-refractivity contribution in [3.8, 4) is 11.5 Å². The molecular formula is C11H10BrNO4S. The van der Waals surface area contributed by atoms with Gasteiger partial charge in [-0.05, 0) is 33.6 Å². The number of carbonyl (C=O) groups is 1. The monoisotopic (exact) mass is 331 g/mol. The van der Waals surface area contributed by atoms with E-state index in [9.17, 15) is 4.79 Å². The maximum Gasteiger partial charge on any atom is 0.321 e. The van der Waals surface area contributed by atoms with Crippen molar-refractivity contribution in [1.29, 1.82) is 0 Å². The van der Waals surface area contributed by atoms with Crippen molar-refractivity contribution in [2.24, 2.45) is 0 Å². The van der Waals surface area contributed by atoms with Gasteiger partial charge in [0, 0.05) is 5.75 Å². The third kappa shape index (κ3) is 2.06. The highest BCUT2D eigenvalue weighted by atomic mass is 79.9. The van der Waals surface area contributed by atoms with Gasteiger partial charge < -0.3 is 14.6 Å². The summed E-state index contributed by atoms with van der Waals surface area (Å²) in [6, 6.07) is 3.33. The molecule has 0 aliphatic carbocycles. The molecule has 0 spiro atoms. The Morgan fingerprint density at radius 3 is 3.06 bits per heavy atom. The number of rotatable bonds is 2. The van der Waals surface area contributed by atoms with Gasteiger partial charge in [-0.2, -0.15) is 0 Å². The summed E-state index contributed by atoms with van der Waals surface area (Å²) in [5, 5.41) is 12.0. The van der Waals surface area contributed by atoms with E-state index in [0.717, 1.165) is 10.0 Å². The average Bonchev–Trinajstić information content (AvgIpc) is 2.97. The van der Waals surface area contributed by atoms with Crippen molar-refractivity contribution < 1.29 is 19.4 Å². The topological polar surface area (TPSA) is 67.8 Å². The SMILES string of the molecule is O=C(O)C1CSC(c2cc(Br)c3c(c2)OCO3)N1. The van der Waals surface area contributed by atoms with E-state index in [-0.39, 0.29) is 12.2 Å². The lowest BCUT2D eigenvalue weighted by molar-refractivity contribution is -0.138. The van der Waals surface area contributed by atoms with Gasteiger partial charge in [0.25, 0.3) is 0 Å². The Hall–Kier alpha value is -0.920. The number of ether oxygens (including phenoxy) is 2. The lowest BCUT2D eigenvalue weighted by atomic mass is 10.2. The minimum Gasteiger partial charge on any atom is -0.480 e. The van der Waals surface area contributed by atoms with Crippen LogP contribution in [-0.4, -0.2) is 29.7 Å². The number of nitrogens with one attached hydrogen (secondary N) is 1.